The lowest BCUT2D eigenvalue weighted by molar-refractivity contribution is 0.0147. The van der Waals surface area contributed by atoms with Gasteiger partial charge < -0.3 is 25.0 Å². The summed E-state index contributed by atoms with van der Waals surface area (Å²) in [6.07, 6.45) is 1.86. The van der Waals surface area contributed by atoms with Gasteiger partial charge in [0.2, 0.25) is 0 Å². The lowest BCUT2D eigenvalue weighted by Crippen LogP contribution is -2.51. The van der Waals surface area contributed by atoms with E-state index in [-0.39, 0.29) is 30.1 Å². The Morgan fingerprint density at radius 3 is 2.34 bits per heavy atom. The molecule has 29 heavy (non-hydrogen) atoms. The van der Waals surface area contributed by atoms with E-state index in [2.05, 4.69) is 27.4 Å². The predicted molar refractivity (Wildman–Crippen MR) is 129 cm³/mol. The fraction of sp³-hybridized carbons (Fsp3) is 0.900. The van der Waals surface area contributed by atoms with Crippen LogP contribution < -0.4 is 10.6 Å². The van der Waals surface area contributed by atoms with Crippen LogP contribution in [-0.2, 0) is 9.47 Å². The number of halogens is 1. The van der Waals surface area contributed by atoms with E-state index >= 15 is 0 Å². The minimum atomic E-state index is -0.441. The summed E-state index contributed by atoms with van der Waals surface area (Å²) in [6, 6.07) is 0. The Morgan fingerprint density at radius 2 is 1.76 bits per heavy atom. The minimum absolute atomic E-state index is 0. The molecule has 1 aliphatic heterocycles. The summed E-state index contributed by atoms with van der Waals surface area (Å²) >= 11 is 0. The quantitative estimate of drug-likeness (QED) is 0.197. The molecule has 2 N–H and O–H groups in total. The molecule has 0 aromatic heterocycles. The Morgan fingerprint density at radius 1 is 1.07 bits per heavy atom. The van der Waals surface area contributed by atoms with Gasteiger partial charge >= 0.3 is 6.09 Å². The molecular weight excluding hydrogens is 485 g/mol. The van der Waals surface area contributed by atoms with Crippen molar-refractivity contribution in [1.29, 1.82) is 0 Å². The van der Waals surface area contributed by atoms with E-state index in [1.54, 1.807) is 4.90 Å². The second-order valence-electron chi connectivity index (χ2n) is 7.90. The van der Waals surface area contributed by atoms with Crippen molar-refractivity contribution in [3.05, 3.63) is 0 Å². The molecule has 1 saturated heterocycles. The van der Waals surface area contributed by atoms with Crippen molar-refractivity contribution < 1.29 is 14.3 Å². The van der Waals surface area contributed by atoms with Gasteiger partial charge in [0, 0.05) is 65.6 Å². The number of piperazine rings is 1. The van der Waals surface area contributed by atoms with Gasteiger partial charge in [-0.1, -0.05) is 0 Å². The topological polar surface area (TPSA) is 78.4 Å². The third kappa shape index (κ3) is 13.9. The van der Waals surface area contributed by atoms with Crippen molar-refractivity contribution in [3.63, 3.8) is 0 Å². The number of rotatable bonds is 10. The number of hydrogen-bond acceptors (Lipinski definition) is 5. The summed E-state index contributed by atoms with van der Waals surface area (Å²) in [5.41, 5.74) is -0.441. The summed E-state index contributed by atoms with van der Waals surface area (Å²) in [5, 5.41) is 6.68. The number of aliphatic imine (C=N–C) groups is 1. The summed E-state index contributed by atoms with van der Waals surface area (Å²) in [6.45, 7) is 17.9. The Hall–Kier alpha value is -0.810. The largest absolute Gasteiger partial charge is 0.444 e. The zero-order valence-corrected chi connectivity index (χ0v) is 21.3. The van der Waals surface area contributed by atoms with Crippen molar-refractivity contribution in [2.75, 3.05) is 65.6 Å². The van der Waals surface area contributed by atoms with Gasteiger partial charge in [-0.3, -0.25) is 9.89 Å². The number of nitrogens with zero attached hydrogens (tertiary/aromatic N) is 3. The first-order valence-corrected chi connectivity index (χ1v) is 10.7. The van der Waals surface area contributed by atoms with E-state index in [4.69, 9.17) is 9.47 Å². The molecule has 0 bridgehead atoms. The van der Waals surface area contributed by atoms with Crippen LogP contribution in [0.4, 0.5) is 4.79 Å². The minimum Gasteiger partial charge on any atom is -0.444 e. The van der Waals surface area contributed by atoms with Crippen LogP contribution in [0.3, 0.4) is 0 Å². The van der Waals surface area contributed by atoms with Crippen molar-refractivity contribution in [2.24, 2.45) is 4.99 Å². The van der Waals surface area contributed by atoms with Crippen LogP contribution in [0.1, 0.15) is 47.5 Å². The maximum Gasteiger partial charge on any atom is 0.410 e. The Bertz CT molecular complexity index is 464. The summed E-state index contributed by atoms with van der Waals surface area (Å²) in [7, 11) is 0. The van der Waals surface area contributed by atoms with Crippen LogP contribution >= 0.6 is 24.0 Å². The fourth-order valence-corrected chi connectivity index (χ4v) is 2.81. The number of carbonyl (C=O) groups excluding carboxylic acids is 1. The van der Waals surface area contributed by atoms with Crippen LogP contribution in [0.5, 0.6) is 0 Å². The molecule has 0 unspecified atom stereocenters. The van der Waals surface area contributed by atoms with Crippen LogP contribution in [-0.4, -0.2) is 93.0 Å². The number of nitrogens with one attached hydrogen (secondary N) is 2. The van der Waals surface area contributed by atoms with Gasteiger partial charge in [0.1, 0.15) is 5.60 Å². The first-order valence-electron chi connectivity index (χ1n) is 10.7. The molecule has 0 saturated carbocycles. The monoisotopic (exact) mass is 527 g/mol. The van der Waals surface area contributed by atoms with E-state index in [0.29, 0.717) is 13.1 Å². The smallest absolute Gasteiger partial charge is 0.410 e. The molecule has 1 heterocycles. The van der Waals surface area contributed by atoms with E-state index in [9.17, 15) is 4.79 Å². The van der Waals surface area contributed by atoms with Gasteiger partial charge in [-0.2, -0.15) is 0 Å². The Kier molecular flexibility index (Phi) is 15.5. The fourth-order valence-electron chi connectivity index (χ4n) is 2.81. The van der Waals surface area contributed by atoms with Crippen LogP contribution in [0.25, 0.3) is 0 Å². The molecular formula is C20H42IN5O3. The van der Waals surface area contributed by atoms with Crippen molar-refractivity contribution in [3.8, 4) is 0 Å². The SMILES string of the molecule is CCNC(=NCCCCOCC)NCCN1CCN(C(=O)OC(C)(C)C)CC1.I. The number of carbonyl (C=O) groups is 1. The summed E-state index contributed by atoms with van der Waals surface area (Å²) < 4.78 is 10.8. The summed E-state index contributed by atoms with van der Waals surface area (Å²) in [5.74, 6) is 0.867. The Labute approximate surface area is 194 Å². The molecule has 0 spiro atoms. The molecule has 8 nitrogen and oxygen atoms in total. The van der Waals surface area contributed by atoms with Gasteiger partial charge in [-0.25, -0.2) is 4.79 Å². The molecule has 1 amide bonds. The zero-order chi connectivity index (χ0) is 20.8. The second kappa shape index (κ2) is 16.0. The molecule has 0 aromatic carbocycles. The van der Waals surface area contributed by atoms with Gasteiger partial charge in [-0.15, -0.1) is 24.0 Å². The third-order valence-electron chi connectivity index (χ3n) is 4.26. The van der Waals surface area contributed by atoms with E-state index in [1.165, 1.54) is 0 Å². The predicted octanol–water partition coefficient (Wildman–Crippen LogP) is 2.53. The van der Waals surface area contributed by atoms with Gasteiger partial charge in [0.15, 0.2) is 5.96 Å². The molecule has 0 aliphatic carbocycles. The molecule has 9 heteroatoms. The second-order valence-corrected chi connectivity index (χ2v) is 7.90. The molecule has 1 rings (SSSR count). The average Bonchev–Trinajstić information content (AvgIpc) is 2.63. The van der Waals surface area contributed by atoms with Crippen LogP contribution in [0.15, 0.2) is 4.99 Å². The van der Waals surface area contributed by atoms with Gasteiger partial charge in [-0.05, 0) is 47.5 Å². The van der Waals surface area contributed by atoms with Crippen molar-refractivity contribution >= 4 is 36.0 Å². The highest BCUT2D eigenvalue weighted by atomic mass is 127. The molecule has 1 aliphatic rings. The first kappa shape index (κ1) is 28.2. The highest BCUT2D eigenvalue weighted by Crippen LogP contribution is 2.11. The van der Waals surface area contributed by atoms with E-state index in [0.717, 1.165) is 71.3 Å². The van der Waals surface area contributed by atoms with Gasteiger partial charge in [0.05, 0.1) is 0 Å². The number of unbranched alkanes of at least 4 members (excludes halogenated alkanes) is 1. The van der Waals surface area contributed by atoms with Crippen molar-refractivity contribution in [2.45, 2.75) is 53.1 Å². The number of hydrogen-bond donors (Lipinski definition) is 2. The number of ether oxygens (including phenoxy) is 2. The Balaban J connectivity index is 0.00000784. The normalized spacial score (nSPS) is 15.6. The maximum absolute atomic E-state index is 12.1. The highest BCUT2D eigenvalue weighted by Gasteiger charge is 2.25. The van der Waals surface area contributed by atoms with E-state index < -0.39 is 5.60 Å². The number of amides is 1. The standard InChI is InChI=1S/C20H41N5O3.HI/c1-6-21-18(22-10-8-9-17-27-7-2)23-11-12-24-13-15-25(16-14-24)19(26)28-20(3,4)5;/h6-17H2,1-5H3,(H2,21,22,23);1H. The molecule has 0 aromatic rings. The van der Waals surface area contributed by atoms with Crippen LogP contribution in [0, 0.1) is 0 Å². The lowest BCUT2D eigenvalue weighted by Gasteiger charge is -2.35. The summed E-state index contributed by atoms with van der Waals surface area (Å²) in [4.78, 5) is 20.9. The third-order valence-corrected chi connectivity index (χ3v) is 4.26. The van der Waals surface area contributed by atoms with Crippen LogP contribution in [0.2, 0.25) is 0 Å². The zero-order valence-electron chi connectivity index (χ0n) is 19.0. The molecule has 172 valence electrons. The molecule has 1 fully saturated rings. The van der Waals surface area contributed by atoms with Crippen molar-refractivity contribution in [1.82, 2.24) is 20.4 Å². The maximum atomic E-state index is 12.1. The lowest BCUT2D eigenvalue weighted by atomic mass is 10.2. The highest BCUT2D eigenvalue weighted by molar-refractivity contribution is 14.0. The number of guanidine groups is 1. The van der Waals surface area contributed by atoms with Gasteiger partial charge in [0.25, 0.3) is 0 Å². The molecule has 0 radical (unpaired) electrons. The molecule has 0 atom stereocenters. The van der Waals surface area contributed by atoms with E-state index in [1.807, 2.05) is 27.7 Å². The first-order chi connectivity index (χ1) is 13.4. The average molecular weight is 527 g/mol.